The SMILES string of the molecule is NNC1=Nc2cc([N+](=O)[O-])ccc2C(c2ccccn2)=NC1. The van der Waals surface area contributed by atoms with Crippen molar-refractivity contribution >= 4 is 22.9 Å². The maximum Gasteiger partial charge on any atom is 0.271 e. The number of hydrogen-bond donors (Lipinski definition) is 2. The molecule has 3 N–H and O–H groups in total. The third kappa shape index (κ3) is 2.54. The predicted octanol–water partition coefficient (Wildman–Crippen LogP) is 1.33. The Morgan fingerprint density at radius 1 is 1.27 bits per heavy atom. The van der Waals surface area contributed by atoms with Gasteiger partial charge < -0.3 is 5.43 Å². The molecule has 110 valence electrons. The van der Waals surface area contributed by atoms with Crippen molar-refractivity contribution in [2.24, 2.45) is 15.8 Å². The van der Waals surface area contributed by atoms with Crippen LogP contribution in [0.4, 0.5) is 11.4 Å². The molecular weight excluding hydrogens is 284 g/mol. The van der Waals surface area contributed by atoms with Crippen LogP contribution in [0.15, 0.2) is 52.6 Å². The van der Waals surface area contributed by atoms with Gasteiger partial charge in [-0.2, -0.15) is 0 Å². The number of aliphatic imine (C=N–C) groups is 2. The number of nitrogens with one attached hydrogen (secondary N) is 1. The molecule has 8 nitrogen and oxygen atoms in total. The Morgan fingerprint density at radius 3 is 2.82 bits per heavy atom. The lowest BCUT2D eigenvalue weighted by Crippen LogP contribution is -2.32. The molecule has 0 fully saturated rings. The van der Waals surface area contributed by atoms with Gasteiger partial charge in [0.05, 0.1) is 28.6 Å². The highest BCUT2D eigenvalue weighted by molar-refractivity contribution is 6.16. The minimum atomic E-state index is -0.464. The van der Waals surface area contributed by atoms with Crippen LogP contribution in [0, 0.1) is 10.1 Å². The van der Waals surface area contributed by atoms with Crippen LogP contribution in [0.5, 0.6) is 0 Å². The molecule has 0 amide bonds. The van der Waals surface area contributed by atoms with E-state index >= 15 is 0 Å². The summed E-state index contributed by atoms with van der Waals surface area (Å²) in [6, 6.07) is 9.93. The van der Waals surface area contributed by atoms with E-state index in [1.807, 2.05) is 12.1 Å². The van der Waals surface area contributed by atoms with Crippen molar-refractivity contribution in [3.05, 3.63) is 64.0 Å². The molecule has 3 rings (SSSR count). The van der Waals surface area contributed by atoms with E-state index in [0.717, 1.165) is 0 Å². The fraction of sp³-hybridized carbons (Fsp3) is 0.0714. The van der Waals surface area contributed by atoms with E-state index in [1.165, 1.54) is 12.1 Å². The Balaban J connectivity index is 2.18. The fourth-order valence-electron chi connectivity index (χ4n) is 2.15. The number of amidine groups is 1. The first-order valence-corrected chi connectivity index (χ1v) is 6.48. The number of aromatic nitrogens is 1. The van der Waals surface area contributed by atoms with Crippen LogP contribution in [-0.4, -0.2) is 28.0 Å². The highest BCUT2D eigenvalue weighted by atomic mass is 16.6. The smallest absolute Gasteiger partial charge is 0.271 e. The lowest BCUT2D eigenvalue weighted by Gasteiger charge is -2.07. The van der Waals surface area contributed by atoms with E-state index < -0.39 is 4.92 Å². The van der Waals surface area contributed by atoms with Gasteiger partial charge in [-0.15, -0.1) is 0 Å². The normalized spacial score (nSPS) is 13.5. The third-order valence-corrected chi connectivity index (χ3v) is 3.16. The molecule has 1 aliphatic rings. The summed E-state index contributed by atoms with van der Waals surface area (Å²) in [6.45, 7) is 0.241. The van der Waals surface area contributed by atoms with Gasteiger partial charge >= 0.3 is 0 Å². The first-order valence-electron chi connectivity index (χ1n) is 6.48. The van der Waals surface area contributed by atoms with Crippen LogP contribution in [0.25, 0.3) is 0 Å². The van der Waals surface area contributed by atoms with E-state index in [0.29, 0.717) is 28.5 Å². The quantitative estimate of drug-likeness (QED) is 0.492. The molecule has 0 bridgehead atoms. The number of nitrogens with zero attached hydrogens (tertiary/aromatic N) is 4. The second kappa shape index (κ2) is 5.70. The zero-order chi connectivity index (χ0) is 15.5. The molecule has 0 aliphatic carbocycles. The highest BCUT2D eigenvalue weighted by Crippen LogP contribution is 2.28. The topological polar surface area (TPSA) is 119 Å². The molecule has 1 aliphatic heterocycles. The molecular formula is C14H12N6O2. The molecule has 2 heterocycles. The van der Waals surface area contributed by atoms with Gasteiger partial charge in [0.25, 0.3) is 5.69 Å². The second-order valence-electron chi connectivity index (χ2n) is 4.54. The minimum absolute atomic E-state index is 0.0406. The van der Waals surface area contributed by atoms with Crippen molar-refractivity contribution in [1.29, 1.82) is 0 Å². The number of pyridine rings is 1. The lowest BCUT2D eigenvalue weighted by atomic mass is 10.0. The van der Waals surface area contributed by atoms with Gasteiger partial charge in [-0.25, -0.2) is 10.8 Å². The van der Waals surface area contributed by atoms with Crippen LogP contribution < -0.4 is 11.3 Å². The predicted molar refractivity (Wildman–Crippen MR) is 82.3 cm³/mol. The molecule has 0 saturated heterocycles. The Labute approximate surface area is 125 Å². The highest BCUT2D eigenvalue weighted by Gasteiger charge is 2.19. The molecule has 0 atom stereocenters. The largest absolute Gasteiger partial charge is 0.310 e. The molecule has 1 aromatic heterocycles. The van der Waals surface area contributed by atoms with Crippen LogP contribution in [0.1, 0.15) is 11.3 Å². The average Bonchev–Trinajstić information content (AvgIpc) is 2.74. The Kier molecular flexibility index (Phi) is 3.58. The number of hydrazine groups is 1. The number of nitro groups is 1. The first-order chi connectivity index (χ1) is 10.7. The fourth-order valence-corrected chi connectivity index (χ4v) is 2.15. The molecule has 2 aromatic rings. The van der Waals surface area contributed by atoms with Gasteiger partial charge in [0.1, 0.15) is 5.84 Å². The zero-order valence-electron chi connectivity index (χ0n) is 11.4. The van der Waals surface area contributed by atoms with Gasteiger partial charge in [0.2, 0.25) is 0 Å². The molecule has 0 spiro atoms. The zero-order valence-corrected chi connectivity index (χ0v) is 11.4. The number of nitro benzene ring substituents is 1. The van der Waals surface area contributed by atoms with Gasteiger partial charge in [0.15, 0.2) is 0 Å². The van der Waals surface area contributed by atoms with E-state index in [4.69, 9.17) is 5.84 Å². The number of nitrogens with two attached hydrogens (primary N) is 1. The average molecular weight is 296 g/mol. The Hall–Kier alpha value is -3.13. The van der Waals surface area contributed by atoms with E-state index in [9.17, 15) is 10.1 Å². The maximum atomic E-state index is 10.9. The number of hydrogen-bond acceptors (Lipinski definition) is 7. The van der Waals surface area contributed by atoms with Gasteiger partial charge in [-0.05, 0) is 18.2 Å². The summed E-state index contributed by atoms with van der Waals surface area (Å²) in [6.07, 6.45) is 1.66. The monoisotopic (exact) mass is 296 g/mol. The molecule has 22 heavy (non-hydrogen) atoms. The van der Waals surface area contributed by atoms with E-state index in [1.54, 1.807) is 18.3 Å². The Morgan fingerprint density at radius 2 is 2.14 bits per heavy atom. The maximum absolute atomic E-state index is 10.9. The molecule has 1 aromatic carbocycles. The summed E-state index contributed by atoms with van der Waals surface area (Å²) >= 11 is 0. The van der Waals surface area contributed by atoms with E-state index in [-0.39, 0.29) is 12.2 Å². The minimum Gasteiger partial charge on any atom is -0.310 e. The molecule has 0 saturated carbocycles. The number of rotatable bonds is 2. The summed E-state index contributed by atoms with van der Waals surface area (Å²) < 4.78 is 0. The van der Waals surface area contributed by atoms with Crippen LogP contribution in [-0.2, 0) is 0 Å². The summed E-state index contributed by atoms with van der Waals surface area (Å²) in [4.78, 5) is 23.6. The lowest BCUT2D eigenvalue weighted by molar-refractivity contribution is -0.384. The Bertz CT molecular complexity index is 785. The van der Waals surface area contributed by atoms with Crippen molar-refractivity contribution in [3.8, 4) is 0 Å². The third-order valence-electron chi connectivity index (χ3n) is 3.16. The van der Waals surface area contributed by atoms with Crippen LogP contribution in [0.3, 0.4) is 0 Å². The van der Waals surface area contributed by atoms with Crippen molar-refractivity contribution in [1.82, 2.24) is 10.4 Å². The molecule has 8 heteroatoms. The summed E-state index contributed by atoms with van der Waals surface area (Å²) in [5, 5.41) is 10.9. The summed E-state index contributed by atoms with van der Waals surface area (Å²) in [5.74, 6) is 5.84. The molecule has 0 unspecified atom stereocenters. The molecule has 0 radical (unpaired) electrons. The van der Waals surface area contributed by atoms with Crippen molar-refractivity contribution in [2.45, 2.75) is 0 Å². The van der Waals surface area contributed by atoms with Crippen molar-refractivity contribution in [2.75, 3.05) is 6.54 Å². The first kappa shape index (κ1) is 13.8. The van der Waals surface area contributed by atoms with Crippen LogP contribution >= 0.6 is 0 Å². The van der Waals surface area contributed by atoms with E-state index in [2.05, 4.69) is 20.4 Å². The number of non-ortho nitro benzene ring substituents is 1. The van der Waals surface area contributed by atoms with Gasteiger partial charge in [0, 0.05) is 23.9 Å². The van der Waals surface area contributed by atoms with Crippen LogP contribution in [0.2, 0.25) is 0 Å². The van der Waals surface area contributed by atoms with Gasteiger partial charge in [-0.3, -0.25) is 20.1 Å². The standard InChI is InChI=1S/C14H12N6O2/c15-19-13-8-17-14(11-3-1-2-6-16-11)10-5-4-9(20(21)22)7-12(10)18-13/h1-7H,8,15H2,(H,18,19). The summed E-state index contributed by atoms with van der Waals surface area (Å²) in [5.41, 5.74) is 4.82. The van der Waals surface area contributed by atoms with Gasteiger partial charge in [-0.1, -0.05) is 6.07 Å². The van der Waals surface area contributed by atoms with Crippen molar-refractivity contribution in [3.63, 3.8) is 0 Å². The number of benzene rings is 1. The van der Waals surface area contributed by atoms with Crippen molar-refractivity contribution < 1.29 is 4.92 Å². The second-order valence-corrected chi connectivity index (χ2v) is 4.54. The summed E-state index contributed by atoms with van der Waals surface area (Å²) in [7, 11) is 0. The number of fused-ring (bicyclic) bond motifs is 1.